The largest absolute Gasteiger partial charge is 0.393 e. The van der Waals surface area contributed by atoms with Gasteiger partial charge in [-0.25, -0.2) is 0 Å². The van der Waals surface area contributed by atoms with E-state index in [0.29, 0.717) is 43.5 Å². The summed E-state index contributed by atoms with van der Waals surface area (Å²) in [5.41, 5.74) is 0.407. The van der Waals surface area contributed by atoms with E-state index in [1.165, 1.54) is 5.57 Å². The zero-order valence-corrected chi connectivity index (χ0v) is 17.4. The van der Waals surface area contributed by atoms with Gasteiger partial charge in [-0.05, 0) is 55.3 Å². The Bertz CT molecular complexity index is 766. The number of Topliss-reactive ketones (excluding diaryl/α,β-unsaturated/α-hetero) is 1. The number of aliphatic hydroxyl groups excluding tert-OH is 1. The van der Waals surface area contributed by atoms with Crippen LogP contribution in [0.25, 0.3) is 0 Å². The van der Waals surface area contributed by atoms with Gasteiger partial charge in [0.2, 0.25) is 5.79 Å². The highest BCUT2D eigenvalue weighted by Gasteiger charge is 2.76. The Morgan fingerprint density at radius 3 is 2.76 bits per heavy atom. The highest BCUT2D eigenvalue weighted by Crippen LogP contribution is 2.71. The highest BCUT2D eigenvalue weighted by atomic mass is 16.9. The van der Waals surface area contributed by atoms with Crippen molar-refractivity contribution in [3.63, 3.8) is 0 Å². The van der Waals surface area contributed by atoms with Gasteiger partial charge < -0.3 is 24.1 Å². The number of hydrogen-bond acceptors (Lipinski definition) is 6. The predicted molar refractivity (Wildman–Crippen MR) is 103 cm³/mol. The van der Waals surface area contributed by atoms with Crippen molar-refractivity contribution in [3.8, 4) is 0 Å². The van der Waals surface area contributed by atoms with Crippen molar-refractivity contribution in [1.82, 2.24) is 0 Å². The van der Waals surface area contributed by atoms with Gasteiger partial charge in [0, 0.05) is 18.3 Å². The van der Waals surface area contributed by atoms with E-state index < -0.39 is 17.5 Å². The molecule has 2 aliphatic heterocycles. The molecule has 5 fully saturated rings. The zero-order valence-electron chi connectivity index (χ0n) is 17.4. The van der Waals surface area contributed by atoms with Crippen LogP contribution in [0, 0.1) is 28.6 Å². The van der Waals surface area contributed by atoms with Crippen LogP contribution in [0.4, 0.5) is 0 Å². The van der Waals surface area contributed by atoms with Crippen molar-refractivity contribution in [3.05, 3.63) is 11.6 Å². The van der Waals surface area contributed by atoms with Gasteiger partial charge in [0.05, 0.1) is 6.10 Å². The molecule has 2 heterocycles. The van der Waals surface area contributed by atoms with Crippen molar-refractivity contribution in [2.24, 2.45) is 28.6 Å². The van der Waals surface area contributed by atoms with E-state index in [4.69, 9.17) is 18.9 Å². The number of ether oxygens (including phenoxy) is 4. The van der Waals surface area contributed by atoms with Crippen LogP contribution >= 0.6 is 0 Å². The van der Waals surface area contributed by atoms with Crippen LogP contribution in [-0.2, 0) is 23.7 Å². The van der Waals surface area contributed by atoms with Crippen LogP contribution in [0.3, 0.4) is 0 Å². The van der Waals surface area contributed by atoms with Crippen molar-refractivity contribution in [2.75, 3.05) is 20.2 Å². The summed E-state index contributed by atoms with van der Waals surface area (Å²) in [6.45, 7) is 5.43. The van der Waals surface area contributed by atoms with Crippen molar-refractivity contribution in [1.29, 1.82) is 0 Å². The number of fused-ring (bicyclic) bond motifs is 7. The molecule has 0 aromatic carbocycles. The fraction of sp³-hybridized carbons (Fsp3) is 0.870. The van der Waals surface area contributed by atoms with E-state index in [2.05, 4.69) is 19.9 Å². The molecule has 0 radical (unpaired) electrons. The average Bonchev–Trinajstić information content (AvgIpc) is 3.37. The van der Waals surface area contributed by atoms with Crippen LogP contribution in [-0.4, -0.2) is 48.6 Å². The monoisotopic (exact) mass is 404 g/mol. The van der Waals surface area contributed by atoms with Gasteiger partial charge in [0.15, 0.2) is 13.6 Å². The van der Waals surface area contributed by atoms with Gasteiger partial charge in [0.1, 0.15) is 18.0 Å². The lowest BCUT2D eigenvalue weighted by atomic mass is 9.45. The zero-order chi connectivity index (χ0) is 20.1. The molecule has 0 bridgehead atoms. The van der Waals surface area contributed by atoms with Crippen molar-refractivity contribution in [2.45, 2.75) is 76.3 Å². The van der Waals surface area contributed by atoms with Crippen LogP contribution < -0.4 is 0 Å². The Balaban J connectivity index is 1.41. The molecule has 1 N–H and O–H groups in total. The molecule has 0 amide bonds. The van der Waals surface area contributed by atoms with Gasteiger partial charge in [-0.3, -0.25) is 4.79 Å². The average molecular weight is 405 g/mol. The Morgan fingerprint density at radius 2 is 1.97 bits per heavy atom. The lowest BCUT2D eigenvalue weighted by molar-refractivity contribution is -0.256. The molecule has 29 heavy (non-hydrogen) atoms. The van der Waals surface area contributed by atoms with E-state index in [1.807, 2.05) is 0 Å². The third-order valence-corrected chi connectivity index (χ3v) is 9.87. The molecule has 8 atom stereocenters. The van der Waals surface area contributed by atoms with Crippen LogP contribution in [0.15, 0.2) is 11.6 Å². The van der Waals surface area contributed by atoms with E-state index >= 15 is 0 Å². The number of rotatable bonds is 0. The molecule has 4 aliphatic carbocycles. The van der Waals surface area contributed by atoms with Crippen molar-refractivity contribution < 1.29 is 28.8 Å². The lowest BCUT2D eigenvalue weighted by Crippen LogP contribution is -2.66. The maximum absolute atomic E-state index is 12.1. The van der Waals surface area contributed by atoms with Gasteiger partial charge in [0.25, 0.3) is 0 Å². The first-order valence-electron chi connectivity index (χ1n) is 11.2. The second kappa shape index (κ2) is 5.92. The Hall–Kier alpha value is -0.790. The molecular weight excluding hydrogens is 372 g/mol. The van der Waals surface area contributed by atoms with E-state index in [-0.39, 0.29) is 30.3 Å². The van der Waals surface area contributed by atoms with Crippen LogP contribution in [0.1, 0.15) is 58.8 Å². The summed E-state index contributed by atoms with van der Waals surface area (Å²) >= 11 is 0. The molecular formula is C23H32O6. The summed E-state index contributed by atoms with van der Waals surface area (Å²) in [5.74, 6) is 0.543. The second-order valence-electron chi connectivity index (χ2n) is 10.7. The summed E-state index contributed by atoms with van der Waals surface area (Å²) in [5, 5.41) is 11.6. The van der Waals surface area contributed by atoms with E-state index in [9.17, 15) is 9.90 Å². The minimum Gasteiger partial charge on any atom is -0.393 e. The van der Waals surface area contributed by atoms with Crippen LogP contribution in [0.5, 0.6) is 0 Å². The lowest BCUT2D eigenvalue weighted by Gasteiger charge is -2.61. The first-order valence-corrected chi connectivity index (χ1v) is 11.2. The molecule has 0 aromatic heterocycles. The molecule has 0 aromatic rings. The number of aliphatic hydroxyl groups is 1. The maximum atomic E-state index is 12.1. The van der Waals surface area contributed by atoms with Gasteiger partial charge in [-0.1, -0.05) is 25.5 Å². The molecule has 4 unspecified atom stereocenters. The predicted octanol–water partition coefficient (Wildman–Crippen LogP) is 2.93. The summed E-state index contributed by atoms with van der Waals surface area (Å²) in [6.07, 6.45) is 7.55. The van der Waals surface area contributed by atoms with Crippen LogP contribution in [0.2, 0.25) is 0 Å². The number of allylic oxidation sites excluding steroid dienone is 2. The minimum absolute atomic E-state index is 0.0645. The number of carbonyl (C=O) groups excluding carboxylic acids is 1. The Labute approximate surface area is 171 Å². The second-order valence-corrected chi connectivity index (χ2v) is 10.7. The van der Waals surface area contributed by atoms with Gasteiger partial charge in [-0.2, -0.15) is 0 Å². The first kappa shape index (κ1) is 18.9. The normalized spacial score (nSPS) is 56.4. The molecule has 160 valence electrons. The van der Waals surface area contributed by atoms with E-state index in [1.54, 1.807) is 0 Å². The molecule has 6 rings (SSSR count). The summed E-state index contributed by atoms with van der Waals surface area (Å²) < 4.78 is 24.1. The molecule has 6 heteroatoms. The third-order valence-electron chi connectivity index (χ3n) is 9.87. The van der Waals surface area contributed by atoms with Gasteiger partial charge in [-0.15, -0.1) is 0 Å². The Morgan fingerprint density at radius 1 is 1.14 bits per heavy atom. The SMILES string of the molecule is C[C@]12CCC(=O)CC1=CCC1C2[C@@H](O)C[C@@]2(C)C1CC[C@@]21OCOC12COCO2. The van der Waals surface area contributed by atoms with E-state index in [0.717, 1.165) is 25.7 Å². The molecule has 3 saturated carbocycles. The highest BCUT2D eigenvalue weighted by molar-refractivity contribution is 5.82. The molecule has 2 saturated heterocycles. The maximum Gasteiger partial charge on any atom is 0.226 e. The smallest absolute Gasteiger partial charge is 0.226 e. The fourth-order valence-corrected chi connectivity index (χ4v) is 8.58. The number of carbonyl (C=O) groups is 1. The quantitative estimate of drug-likeness (QED) is 0.626. The van der Waals surface area contributed by atoms with Gasteiger partial charge >= 0.3 is 0 Å². The number of ketones is 1. The van der Waals surface area contributed by atoms with Crippen molar-refractivity contribution >= 4 is 5.78 Å². The Kier molecular flexibility index (Phi) is 3.86. The summed E-state index contributed by atoms with van der Waals surface area (Å²) in [6, 6.07) is 0. The topological polar surface area (TPSA) is 74.2 Å². The molecule has 6 aliphatic rings. The third kappa shape index (κ3) is 2.13. The molecule has 6 nitrogen and oxygen atoms in total. The molecule has 2 spiro atoms. The number of hydrogen-bond donors (Lipinski definition) is 1. The first-order chi connectivity index (χ1) is 13.9. The standard InChI is InChI=1S/C23H32O6/c1-20-7-5-15(24)9-14(20)3-4-16-17-6-8-22(21(17,2)10-18(25)19(16)20)23(29-13-27-22)11-26-12-28-23/h3,16-19,25H,4-13H2,1-2H3/t16?,17?,18-,19?,20-,21-,22+,23?/m0/s1. The summed E-state index contributed by atoms with van der Waals surface area (Å²) in [4.78, 5) is 12.1. The minimum atomic E-state index is -0.847. The summed E-state index contributed by atoms with van der Waals surface area (Å²) in [7, 11) is 0. The fourth-order valence-electron chi connectivity index (χ4n) is 8.58.